The number of rotatable bonds is 1. The van der Waals surface area contributed by atoms with Gasteiger partial charge in [-0.2, -0.15) is 0 Å². The van der Waals surface area contributed by atoms with Gasteiger partial charge in [0, 0.05) is 0 Å². The summed E-state index contributed by atoms with van der Waals surface area (Å²) in [6.07, 6.45) is 9.24. The molecule has 0 nitrogen and oxygen atoms in total. The van der Waals surface area contributed by atoms with Gasteiger partial charge in [0.15, 0.2) is 0 Å². The summed E-state index contributed by atoms with van der Waals surface area (Å²) in [6.45, 7) is 2.20. The molecule has 0 spiro atoms. The molecule has 1 unspecified atom stereocenters. The largest absolute Gasteiger partial charge is 0.130 e. The molecule has 0 heterocycles. The van der Waals surface area contributed by atoms with E-state index in [9.17, 15) is 0 Å². The fraction of sp³-hybridized carbons (Fsp3) is 0.500. The summed E-state index contributed by atoms with van der Waals surface area (Å²) in [5.41, 5.74) is 2.09. The van der Waals surface area contributed by atoms with Crippen LogP contribution in [0.25, 0.3) is 0 Å². The number of allylic oxidation sites excluding steroid dienone is 4. The Labute approximate surface area is 59.2 Å². The smallest absolute Gasteiger partial charge is 0.00461 e. The van der Waals surface area contributed by atoms with Crippen molar-refractivity contribution in [3.63, 3.8) is 0 Å². The predicted molar refractivity (Wildman–Crippen MR) is 45.6 cm³/mol. The Morgan fingerprint density at radius 1 is 1.56 bits per heavy atom. The van der Waals surface area contributed by atoms with Crippen molar-refractivity contribution in [2.24, 2.45) is 0 Å². The first-order valence-corrected chi connectivity index (χ1v) is 4.09. The van der Waals surface area contributed by atoms with Crippen LogP contribution in [0.2, 0.25) is 0 Å². The summed E-state index contributed by atoms with van der Waals surface area (Å²) in [7, 11) is 2.81. The zero-order chi connectivity index (χ0) is 6.69. The van der Waals surface area contributed by atoms with Gasteiger partial charge in [0.2, 0.25) is 0 Å². The molecular weight excluding hydrogens is 127 g/mol. The van der Waals surface area contributed by atoms with Gasteiger partial charge in [0.1, 0.15) is 0 Å². The standard InChI is InChI=1S/C8H13P/c1-7(9)8-5-3-2-4-6-8/h3,5-7H,2,4,9H2,1H3/t7-/m1/s1. The highest BCUT2D eigenvalue weighted by atomic mass is 31.0. The van der Waals surface area contributed by atoms with E-state index in [-0.39, 0.29) is 0 Å². The highest BCUT2D eigenvalue weighted by Gasteiger charge is 2.00. The molecule has 2 atom stereocenters. The monoisotopic (exact) mass is 140 g/mol. The average molecular weight is 140 g/mol. The SMILES string of the molecule is C[C@@H](P)C1=CCCC=C1. The summed E-state index contributed by atoms with van der Waals surface area (Å²) in [5, 5.41) is 0. The van der Waals surface area contributed by atoms with Crippen molar-refractivity contribution in [3.05, 3.63) is 23.8 Å². The van der Waals surface area contributed by atoms with Gasteiger partial charge >= 0.3 is 0 Å². The molecule has 0 fully saturated rings. The van der Waals surface area contributed by atoms with Gasteiger partial charge < -0.3 is 0 Å². The maximum atomic E-state index is 2.81. The molecule has 0 radical (unpaired) electrons. The third-order valence-corrected chi connectivity index (χ3v) is 1.93. The van der Waals surface area contributed by atoms with Crippen molar-refractivity contribution < 1.29 is 0 Å². The summed E-state index contributed by atoms with van der Waals surface area (Å²) in [5.74, 6) is 0. The second kappa shape index (κ2) is 3.17. The third-order valence-electron chi connectivity index (χ3n) is 1.55. The lowest BCUT2D eigenvalue weighted by atomic mass is 10.1. The van der Waals surface area contributed by atoms with Crippen LogP contribution in [0.3, 0.4) is 0 Å². The molecule has 0 aromatic heterocycles. The van der Waals surface area contributed by atoms with Crippen molar-refractivity contribution in [3.8, 4) is 0 Å². The molecule has 1 aliphatic carbocycles. The quantitative estimate of drug-likeness (QED) is 0.491. The number of hydrogen-bond acceptors (Lipinski definition) is 0. The van der Waals surface area contributed by atoms with Gasteiger partial charge in [-0.25, -0.2) is 0 Å². The minimum absolute atomic E-state index is 0.626. The van der Waals surface area contributed by atoms with Gasteiger partial charge in [-0.3, -0.25) is 0 Å². The van der Waals surface area contributed by atoms with Crippen LogP contribution in [0, 0.1) is 0 Å². The zero-order valence-corrected chi connectivity index (χ0v) is 6.96. The highest BCUT2D eigenvalue weighted by Crippen LogP contribution is 2.18. The van der Waals surface area contributed by atoms with Gasteiger partial charge in [-0.05, 0) is 24.1 Å². The molecule has 0 N–H and O–H groups in total. The molecule has 1 aliphatic rings. The molecule has 0 amide bonds. The van der Waals surface area contributed by atoms with Crippen LogP contribution in [0.4, 0.5) is 0 Å². The molecule has 9 heavy (non-hydrogen) atoms. The lowest BCUT2D eigenvalue weighted by Crippen LogP contribution is -1.95. The lowest BCUT2D eigenvalue weighted by molar-refractivity contribution is 0.990. The minimum Gasteiger partial charge on any atom is -0.130 e. The maximum absolute atomic E-state index is 2.81. The number of hydrogen-bond donors (Lipinski definition) is 0. The first-order chi connectivity index (χ1) is 4.30. The average Bonchev–Trinajstić information content (AvgIpc) is 1.90. The van der Waals surface area contributed by atoms with Crippen LogP contribution in [-0.4, -0.2) is 5.66 Å². The van der Waals surface area contributed by atoms with E-state index in [2.05, 4.69) is 34.4 Å². The molecule has 0 aromatic rings. The van der Waals surface area contributed by atoms with Crippen LogP contribution in [-0.2, 0) is 0 Å². The molecule has 0 saturated heterocycles. The van der Waals surface area contributed by atoms with Crippen molar-refractivity contribution in [1.29, 1.82) is 0 Å². The first kappa shape index (κ1) is 7.02. The summed E-state index contributed by atoms with van der Waals surface area (Å²) in [4.78, 5) is 0. The Balaban J connectivity index is 2.58. The van der Waals surface area contributed by atoms with E-state index >= 15 is 0 Å². The maximum Gasteiger partial charge on any atom is -0.00461 e. The van der Waals surface area contributed by atoms with Gasteiger partial charge in [-0.15, -0.1) is 9.24 Å². The van der Waals surface area contributed by atoms with Crippen LogP contribution in [0.5, 0.6) is 0 Å². The Kier molecular flexibility index (Phi) is 2.48. The Morgan fingerprint density at radius 3 is 2.67 bits per heavy atom. The minimum atomic E-state index is 0.626. The van der Waals surface area contributed by atoms with Crippen molar-refractivity contribution in [2.75, 3.05) is 0 Å². The fourth-order valence-corrected chi connectivity index (χ4v) is 1.22. The van der Waals surface area contributed by atoms with Crippen LogP contribution >= 0.6 is 9.24 Å². The van der Waals surface area contributed by atoms with Crippen LogP contribution in [0.1, 0.15) is 19.8 Å². The van der Waals surface area contributed by atoms with Crippen molar-refractivity contribution in [2.45, 2.75) is 25.4 Å². The van der Waals surface area contributed by atoms with Gasteiger partial charge in [-0.1, -0.05) is 25.2 Å². The molecule has 0 bridgehead atoms. The van der Waals surface area contributed by atoms with E-state index in [1.807, 2.05) is 0 Å². The lowest BCUT2D eigenvalue weighted by Gasteiger charge is -2.08. The van der Waals surface area contributed by atoms with E-state index in [1.165, 1.54) is 18.4 Å². The fourth-order valence-electron chi connectivity index (χ4n) is 0.971. The molecule has 50 valence electrons. The van der Waals surface area contributed by atoms with E-state index in [0.717, 1.165) is 0 Å². The molecule has 1 heteroatoms. The second-order valence-electron chi connectivity index (χ2n) is 2.47. The van der Waals surface area contributed by atoms with E-state index in [4.69, 9.17) is 0 Å². The molecule has 0 aromatic carbocycles. The molecule has 0 aliphatic heterocycles. The van der Waals surface area contributed by atoms with E-state index in [1.54, 1.807) is 0 Å². The van der Waals surface area contributed by atoms with E-state index < -0.39 is 0 Å². The summed E-state index contributed by atoms with van der Waals surface area (Å²) in [6, 6.07) is 0. The van der Waals surface area contributed by atoms with Gasteiger partial charge in [0.25, 0.3) is 0 Å². The topological polar surface area (TPSA) is 0 Å². The molecule has 1 rings (SSSR count). The first-order valence-electron chi connectivity index (χ1n) is 3.43. The third kappa shape index (κ3) is 1.95. The zero-order valence-electron chi connectivity index (χ0n) is 5.80. The Morgan fingerprint density at radius 2 is 2.33 bits per heavy atom. The highest BCUT2D eigenvalue weighted by molar-refractivity contribution is 7.18. The van der Waals surface area contributed by atoms with Crippen LogP contribution in [0.15, 0.2) is 23.8 Å². The second-order valence-corrected chi connectivity index (χ2v) is 3.47. The van der Waals surface area contributed by atoms with Gasteiger partial charge in [0.05, 0.1) is 0 Å². The summed E-state index contributed by atoms with van der Waals surface area (Å²) < 4.78 is 0. The van der Waals surface area contributed by atoms with Crippen molar-refractivity contribution >= 4 is 9.24 Å². The predicted octanol–water partition coefficient (Wildman–Crippen LogP) is 2.53. The van der Waals surface area contributed by atoms with Crippen LogP contribution < -0.4 is 0 Å². The molecule has 0 saturated carbocycles. The van der Waals surface area contributed by atoms with E-state index in [0.29, 0.717) is 5.66 Å². The normalized spacial score (nSPS) is 21.3. The Hall–Kier alpha value is -0.0900. The Bertz CT molecular complexity index is 143. The van der Waals surface area contributed by atoms with Crippen molar-refractivity contribution in [1.82, 2.24) is 0 Å². The molecular formula is C8H13P. The summed E-state index contributed by atoms with van der Waals surface area (Å²) >= 11 is 0.